The second kappa shape index (κ2) is 6.54. The SMILES string of the molecule is CC(C)(C)OC(=O)Nc1cccc(CC(N)CO)c1. The van der Waals surface area contributed by atoms with Crippen LogP contribution in [0.3, 0.4) is 0 Å². The Kier molecular flexibility index (Phi) is 5.32. The molecular formula is C14H22N2O3. The molecular weight excluding hydrogens is 244 g/mol. The molecule has 19 heavy (non-hydrogen) atoms. The van der Waals surface area contributed by atoms with Crippen molar-refractivity contribution in [1.29, 1.82) is 0 Å². The molecule has 1 aromatic rings. The van der Waals surface area contributed by atoms with E-state index < -0.39 is 11.7 Å². The van der Waals surface area contributed by atoms with Gasteiger partial charge in [0, 0.05) is 11.7 Å². The summed E-state index contributed by atoms with van der Waals surface area (Å²) < 4.78 is 5.17. The molecule has 0 bridgehead atoms. The molecule has 4 N–H and O–H groups in total. The molecule has 1 amide bonds. The van der Waals surface area contributed by atoms with Gasteiger partial charge in [0.15, 0.2) is 0 Å². The third-order valence-corrected chi connectivity index (χ3v) is 2.30. The van der Waals surface area contributed by atoms with E-state index in [-0.39, 0.29) is 12.6 Å². The number of ether oxygens (including phenoxy) is 1. The number of aliphatic hydroxyl groups is 1. The summed E-state index contributed by atoms with van der Waals surface area (Å²) in [6.45, 7) is 5.36. The van der Waals surface area contributed by atoms with Gasteiger partial charge in [-0.3, -0.25) is 5.32 Å². The highest BCUT2D eigenvalue weighted by Crippen LogP contribution is 2.14. The fourth-order valence-electron chi connectivity index (χ4n) is 1.56. The smallest absolute Gasteiger partial charge is 0.412 e. The Morgan fingerprint density at radius 1 is 1.47 bits per heavy atom. The minimum absolute atomic E-state index is 0.0658. The van der Waals surface area contributed by atoms with Crippen molar-refractivity contribution in [1.82, 2.24) is 0 Å². The molecule has 0 radical (unpaired) electrons. The Morgan fingerprint density at radius 3 is 2.74 bits per heavy atom. The monoisotopic (exact) mass is 266 g/mol. The standard InChI is InChI=1S/C14H22N2O3/c1-14(2,3)19-13(18)16-12-6-4-5-10(8-12)7-11(15)9-17/h4-6,8,11,17H,7,9,15H2,1-3H3,(H,16,18). The molecule has 5 heteroatoms. The van der Waals surface area contributed by atoms with E-state index in [0.717, 1.165) is 5.56 Å². The summed E-state index contributed by atoms with van der Waals surface area (Å²) >= 11 is 0. The van der Waals surface area contributed by atoms with E-state index in [1.54, 1.807) is 6.07 Å². The van der Waals surface area contributed by atoms with Crippen LogP contribution in [0, 0.1) is 0 Å². The van der Waals surface area contributed by atoms with E-state index >= 15 is 0 Å². The van der Waals surface area contributed by atoms with Crippen LogP contribution >= 0.6 is 0 Å². The molecule has 0 fully saturated rings. The molecule has 0 aromatic heterocycles. The number of amides is 1. The van der Waals surface area contributed by atoms with Crippen LogP contribution in [0.1, 0.15) is 26.3 Å². The molecule has 1 unspecified atom stereocenters. The highest BCUT2D eigenvalue weighted by molar-refractivity contribution is 5.84. The summed E-state index contributed by atoms with van der Waals surface area (Å²) in [5.74, 6) is 0. The Labute approximate surface area is 113 Å². The molecule has 1 aromatic carbocycles. The van der Waals surface area contributed by atoms with Crippen LogP contribution in [-0.2, 0) is 11.2 Å². The molecule has 0 aliphatic rings. The average Bonchev–Trinajstić information content (AvgIpc) is 2.26. The van der Waals surface area contributed by atoms with Gasteiger partial charge in [-0.25, -0.2) is 4.79 Å². The van der Waals surface area contributed by atoms with Crippen molar-refractivity contribution in [3.05, 3.63) is 29.8 Å². The quantitative estimate of drug-likeness (QED) is 0.777. The number of carbonyl (C=O) groups excluding carboxylic acids is 1. The lowest BCUT2D eigenvalue weighted by atomic mass is 10.1. The first-order valence-corrected chi connectivity index (χ1v) is 6.25. The van der Waals surface area contributed by atoms with Gasteiger partial charge in [-0.05, 0) is 44.9 Å². The van der Waals surface area contributed by atoms with Crippen molar-refractivity contribution < 1.29 is 14.6 Å². The zero-order valence-electron chi connectivity index (χ0n) is 11.6. The lowest BCUT2D eigenvalue weighted by Crippen LogP contribution is -2.28. The minimum Gasteiger partial charge on any atom is -0.444 e. The molecule has 0 aliphatic carbocycles. The van der Waals surface area contributed by atoms with E-state index in [1.807, 2.05) is 39.0 Å². The first-order chi connectivity index (χ1) is 8.80. The maximum absolute atomic E-state index is 11.6. The lowest BCUT2D eigenvalue weighted by molar-refractivity contribution is 0.0636. The summed E-state index contributed by atoms with van der Waals surface area (Å²) in [6, 6.07) is 7.02. The third kappa shape index (κ3) is 6.22. The number of benzene rings is 1. The number of aliphatic hydroxyl groups excluding tert-OH is 1. The van der Waals surface area contributed by atoms with Crippen molar-refractivity contribution in [3.8, 4) is 0 Å². The number of anilines is 1. The van der Waals surface area contributed by atoms with Crippen LogP contribution in [0.5, 0.6) is 0 Å². The molecule has 0 saturated heterocycles. The predicted molar refractivity (Wildman–Crippen MR) is 75.1 cm³/mol. The number of hydrogen-bond donors (Lipinski definition) is 3. The van der Waals surface area contributed by atoms with Gasteiger partial charge in [0.05, 0.1) is 6.61 Å². The first-order valence-electron chi connectivity index (χ1n) is 6.25. The third-order valence-electron chi connectivity index (χ3n) is 2.30. The fourth-order valence-corrected chi connectivity index (χ4v) is 1.56. The summed E-state index contributed by atoms with van der Waals surface area (Å²) in [5, 5.41) is 11.6. The molecule has 0 aliphatic heterocycles. The highest BCUT2D eigenvalue weighted by atomic mass is 16.6. The lowest BCUT2D eigenvalue weighted by Gasteiger charge is -2.19. The van der Waals surface area contributed by atoms with Crippen LogP contribution in [-0.4, -0.2) is 29.4 Å². The van der Waals surface area contributed by atoms with Crippen LogP contribution in [0.15, 0.2) is 24.3 Å². The summed E-state index contributed by atoms with van der Waals surface area (Å²) in [6.07, 6.45) is 0.0662. The second-order valence-electron chi connectivity index (χ2n) is 5.47. The second-order valence-corrected chi connectivity index (χ2v) is 5.47. The minimum atomic E-state index is -0.527. The number of nitrogens with one attached hydrogen (secondary N) is 1. The van der Waals surface area contributed by atoms with Crippen molar-refractivity contribution in [2.45, 2.75) is 38.8 Å². The van der Waals surface area contributed by atoms with E-state index in [2.05, 4.69) is 5.32 Å². The molecule has 5 nitrogen and oxygen atoms in total. The zero-order chi connectivity index (χ0) is 14.5. The number of carbonyl (C=O) groups is 1. The maximum Gasteiger partial charge on any atom is 0.412 e. The number of rotatable bonds is 4. The largest absolute Gasteiger partial charge is 0.444 e. The molecule has 0 heterocycles. The van der Waals surface area contributed by atoms with Gasteiger partial charge in [-0.15, -0.1) is 0 Å². The predicted octanol–water partition coefficient (Wildman–Crippen LogP) is 1.90. The fraction of sp³-hybridized carbons (Fsp3) is 0.500. The Morgan fingerprint density at radius 2 is 2.16 bits per heavy atom. The van der Waals surface area contributed by atoms with Gasteiger partial charge in [0.2, 0.25) is 0 Å². The first kappa shape index (κ1) is 15.5. The van der Waals surface area contributed by atoms with Crippen molar-refractivity contribution in [3.63, 3.8) is 0 Å². The Balaban J connectivity index is 2.64. The van der Waals surface area contributed by atoms with E-state index in [9.17, 15) is 4.79 Å². The molecule has 1 rings (SSSR count). The van der Waals surface area contributed by atoms with Gasteiger partial charge >= 0.3 is 6.09 Å². The molecule has 0 spiro atoms. The topological polar surface area (TPSA) is 84.6 Å². The molecule has 0 saturated carbocycles. The maximum atomic E-state index is 11.6. The van der Waals surface area contributed by atoms with E-state index in [1.165, 1.54) is 0 Å². The van der Waals surface area contributed by atoms with Gasteiger partial charge in [-0.2, -0.15) is 0 Å². The van der Waals surface area contributed by atoms with Crippen LogP contribution in [0.2, 0.25) is 0 Å². The van der Waals surface area contributed by atoms with Crippen LogP contribution in [0.4, 0.5) is 10.5 Å². The Hall–Kier alpha value is -1.59. The summed E-state index contributed by atoms with van der Waals surface area (Å²) in [5.41, 5.74) is 6.75. The van der Waals surface area contributed by atoms with Gasteiger partial charge in [0.25, 0.3) is 0 Å². The zero-order valence-corrected chi connectivity index (χ0v) is 11.6. The van der Waals surface area contributed by atoms with Crippen LogP contribution in [0.25, 0.3) is 0 Å². The summed E-state index contributed by atoms with van der Waals surface area (Å²) in [4.78, 5) is 11.6. The molecule has 1 atom stereocenters. The van der Waals surface area contributed by atoms with E-state index in [0.29, 0.717) is 12.1 Å². The van der Waals surface area contributed by atoms with Crippen LogP contribution < -0.4 is 11.1 Å². The van der Waals surface area contributed by atoms with Gasteiger partial charge in [0.1, 0.15) is 5.60 Å². The normalized spacial score (nSPS) is 12.9. The van der Waals surface area contributed by atoms with Crippen molar-refractivity contribution in [2.75, 3.05) is 11.9 Å². The number of nitrogens with two attached hydrogens (primary N) is 1. The summed E-state index contributed by atoms with van der Waals surface area (Å²) in [7, 11) is 0. The number of hydrogen-bond acceptors (Lipinski definition) is 4. The van der Waals surface area contributed by atoms with Crippen molar-refractivity contribution >= 4 is 11.8 Å². The van der Waals surface area contributed by atoms with Gasteiger partial charge in [-0.1, -0.05) is 12.1 Å². The van der Waals surface area contributed by atoms with Gasteiger partial charge < -0.3 is 15.6 Å². The van der Waals surface area contributed by atoms with E-state index in [4.69, 9.17) is 15.6 Å². The highest BCUT2D eigenvalue weighted by Gasteiger charge is 2.16. The average molecular weight is 266 g/mol. The Bertz CT molecular complexity index is 427. The van der Waals surface area contributed by atoms with Crippen molar-refractivity contribution in [2.24, 2.45) is 5.73 Å². The molecule has 106 valence electrons.